The van der Waals surface area contributed by atoms with Crippen molar-refractivity contribution in [3.8, 4) is 0 Å². The summed E-state index contributed by atoms with van der Waals surface area (Å²) >= 11 is 0. The Kier molecular flexibility index (Phi) is 7.55. The molecule has 2 aliphatic heterocycles. The number of carbonyl (C=O) groups is 3. The van der Waals surface area contributed by atoms with Crippen LogP contribution in [0.2, 0.25) is 0 Å². The Bertz CT molecular complexity index is 1040. The molecule has 11 heteroatoms. The Morgan fingerprint density at radius 2 is 1.95 bits per heavy atom. The number of ether oxygens (including phenoxy) is 2. The highest BCUT2D eigenvalue weighted by molar-refractivity contribution is 5.90. The molecule has 1 spiro atoms. The van der Waals surface area contributed by atoms with Crippen LogP contribution < -0.4 is 20.4 Å². The van der Waals surface area contributed by atoms with Crippen molar-refractivity contribution in [2.75, 3.05) is 36.0 Å². The summed E-state index contributed by atoms with van der Waals surface area (Å²) in [4.78, 5) is 39.1. The molecule has 3 atom stereocenters. The predicted molar refractivity (Wildman–Crippen MR) is 135 cm³/mol. The molecule has 0 aromatic heterocycles. The van der Waals surface area contributed by atoms with Gasteiger partial charge in [0.1, 0.15) is 17.5 Å². The van der Waals surface area contributed by atoms with Gasteiger partial charge in [0, 0.05) is 31.5 Å². The lowest BCUT2D eigenvalue weighted by Crippen LogP contribution is -2.54. The largest absolute Gasteiger partial charge is 0.444 e. The van der Waals surface area contributed by atoms with Gasteiger partial charge in [-0.1, -0.05) is 0 Å². The number of amides is 3. The number of carbonyl (C=O) groups excluding carboxylic acids is 3. The molecule has 10 nitrogen and oxygen atoms in total. The number of anilines is 2. The van der Waals surface area contributed by atoms with E-state index in [2.05, 4.69) is 10.6 Å². The molecule has 2 saturated heterocycles. The van der Waals surface area contributed by atoms with Crippen LogP contribution >= 0.6 is 0 Å². The van der Waals surface area contributed by atoms with E-state index in [4.69, 9.17) is 9.47 Å². The number of nitrogens with one attached hydrogen (secondary N) is 2. The van der Waals surface area contributed by atoms with E-state index in [0.717, 1.165) is 0 Å². The van der Waals surface area contributed by atoms with Crippen molar-refractivity contribution in [3.05, 3.63) is 24.0 Å². The molecule has 1 saturated carbocycles. The van der Waals surface area contributed by atoms with Crippen molar-refractivity contribution < 1.29 is 33.4 Å². The maximum Gasteiger partial charge on any atom is 0.414 e. The summed E-state index contributed by atoms with van der Waals surface area (Å²) < 4.78 is 25.9. The van der Waals surface area contributed by atoms with Crippen LogP contribution in [0.25, 0.3) is 0 Å². The van der Waals surface area contributed by atoms with Crippen molar-refractivity contribution in [1.82, 2.24) is 10.6 Å². The van der Waals surface area contributed by atoms with Gasteiger partial charge in [0.2, 0.25) is 5.91 Å². The quantitative estimate of drug-likeness (QED) is 0.546. The number of hydrogen-bond acceptors (Lipinski definition) is 7. The summed E-state index contributed by atoms with van der Waals surface area (Å²) in [6.45, 7) is 8.26. The van der Waals surface area contributed by atoms with Crippen molar-refractivity contribution in [3.63, 3.8) is 0 Å². The summed E-state index contributed by atoms with van der Waals surface area (Å²) in [7, 11) is 0. The summed E-state index contributed by atoms with van der Waals surface area (Å²) in [6.07, 6.45) is 0.330. The van der Waals surface area contributed by atoms with Crippen molar-refractivity contribution in [2.45, 2.75) is 77.2 Å². The summed E-state index contributed by atoms with van der Waals surface area (Å²) in [5, 5.41) is 16.4. The number of cyclic esters (lactones) is 1. The van der Waals surface area contributed by atoms with Gasteiger partial charge in [-0.3, -0.25) is 9.69 Å². The third-order valence-corrected chi connectivity index (χ3v) is 7.51. The molecule has 3 amide bonds. The van der Waals surface area contributed by atoms with Crippen molar-refractivity contribution in [2.24, 2.45) is 5.41 Å². The van der Waals surface area contributed by atoms with Crippen LogP contribution in [0.3, 0.4) is 0 Å². The SMILES string of the molecule is CC(=O)NC[C@H]1CN(c2ccc(N3CCC4(CC3)C(O)CCC4NC(=O)OC(C)(C)C)c(F)c2)C(=O)O1. The fourth-order valence-corrected chi connectivity index (χ4v) is 5.66. The van der Waals surface area contributed by atoms with Crippen LogP contribution in [0.5, 0.6) is 0 Å². The minimum atomic E-state index is -0.611. The fraction of sp³-hybridized carbons (Fsp3) is 0.654. The lowest BCUT2D eigenvalue weighted by molar-refractivity contribution is -0.119. The van der Waals surface area contributed by atoms with Crippen molar-refractivity contribution in [1.29, 1.82) is 0 Å². The van der Waals surface area contributed by atoms with E-state index in [9.17, 15) is 19.5 Å². The lowest BCUT2D eigenvalue weighted by Gasteiger charge is -2.45. The van der Waals surface area contributed by atoms with Gasteiger partial charge in [0.05, 0.1) is 30.6 Å². The molecular formula is C26H37FN4O6. The topological polar surface area (TPSA) is 120 Å². The standard InChI is InChI=1S/C26H37FN4O6/c1-16(32)28-14-18-15-31(24(35)36-18)17-5-6-20(19(27)13-17)30-11-9-26(10-12-30)21(7-8-22(26)33)29-23(34)37-25(2,3)4/h5-6,13,18,21-22,33H,7-12,14-15H2,1-4H3,(H,28,32)(H,29,34)/t18-,21?,22?/m0/s1. The smallest absolute Gasteiger partial charge is 0.414 e. The number of halogens is 1. The Morgan fingerprint density at radius 1 is 1.24 bits per heavy atom. The van der Waals surface area contributed by atoms with Gasteiger partial charge in [0.15, 0.2) is 0 Å². The molecule has 1 aromatic rings. The van der Waals surface area contributed by atoms with E-state index in [0.29, 0.717) is 50.1 Å². The Hall–Kier alpha value is -3.08. The molecule has 1 aromatic carbocycles. The fourth-order valence-electron chi connectivity index (χ4n) is 5.66. The van der Waals surface area contributed by atoms with E-state index in [1.165, 1.54) is 17.9 Å². The maximum atomic E-state index is 15.2. The highest BCUT2D eigenvalue weighted by Gasteiger charge is 2.52. The highest BCUT2D eigenvalue weighted by atomic mass is 19.1. The second kappa shape index (κ2) is 10.4. The summed E-state index contributed by atoms with van der Waals surface area (Å²) in [5.41, 5.74) is -0.283. The molecule has 0 radical (unpaired) electrons. The number of rotatable bonds is 5. The number of piperidine rings is 1. The molecule has 1 aliphatic carbocycles. The number of aliphatic hydroxyl groups is 1. The third-order valence-electron chi connectivity index (χ3n) is 7.51. The minimum Gasteiger partial charge on any atom is -0.444 e. The maximum absolute atomic E-state index is 15.2. The summed E-state index contributed by atoms with van der Waals surface area (Å²) in [6, 6.07) is 4.44. The molecular weight excluding hydrogens is 483 g/mol. The molecule has 0 bridgehead atoms. The molecule has 37 heavy (non-hydrogen) atoms. The number of benzene rings is 1. The van der Waals surface area contributed by atoms with Gasteiger partial charge in [-0.05, 0) is 64.7 Å². The van der Waals surface area contributed by atoms with E-state index in [-0.39, 0.29) is 25.0 Å². The van der Waals surface area contributed by atoms with Crippen LogP contribution in [0.1, 0.15) is 53.4 Å². The van der Waals surface area contributed by atoms with Gasteiger partial charge in [0.25, 0.3) is 0 Å². The van der Waals surface area contributed by atoms with E-state index >= 15 is 4.39 Å². The Labute approximate surface area is 216 Å². The molecule has 3 aliphatic rings. The number of nitrogens with zero attached hydrogens (tertiary/aromatic N) is 2. The second-order valence-corrected chi connectivity index (χ2v) is 11.2. The Balaban J connectivity index is 1.39. The normalized spacial score (nSPS) is 25.2. The molecule has 3 N–H and O–H groups in total. The molecule has 2 unspecified atom stereocenters. The highest BCUT2D eigenvalue weighted by Crippen LogP contribution is 2.47. The van der Waals surface area contributed by atoms with Gasteiger partial charge < -0.3 is 30.1 Å². The van der Waals surface area contributed by atoms with Crippen molar-refractivity contribution >= 4 is 29.5 Å². The van der Waals surface area contributed by atoms with E-state index in [1.807, 2.05) is 4.90 Å². The van der Waals surface area contributed by atoms with Crippen LogP contribution in [-0.2, 0) is 14.3 Å². The average Bonchev–Trinajstić information content (AvgIpc) is 3.32. The van der Waals surface area contributed by atoms with Crippen LogP contribution in [-0.4, -0.2) is 73.2 Å². The zero-order valence-electron chi connectivity index (χ0n) is 21.9. The monoisotopic (exact) mass is 520 g/mol. The number of aliphatic hydroxyl groups excluding tert-OH is 1. The molecule has 204 valence electrons. The van der Waals surface area contributed by atoms with Crippen LogP contribution in [0.4, 0.5) is 25.4 Å². The zero-order chi connectivity index (χ0) is 27.0. The first-order valence-corrected chi connectivity index (χ1v) is 12.8. The van der Waals surface area contributed by atoms with Gasteiger partial charge >= 0.3 is 12.2 Å². The van der Waals surface area contributed by atoms with Gasteiger partial charge in [-0.15, -0.1) is 0 Å². The number of alkyl carbamates (subject to hydrolysis) is 1. The van der Waals surface area contributed by atoms with E-state index in [1.54, 1.807) is 32.9 Å². The average molecular weight is 521 g/mol. The number of hydrogen-bond donors (Lipinski definition) is 3. The van der Waals surface area contributed by atoms with Gasteiger partial charge in [-0.2, -0.15) is 0 Å². The lowest BCUT2D eigenvalue weighted by atomic mass is 9.72. The minimum absolute atomic E-state index is 0.198. The van der Waals surface area contributed by atoms with Crippen LogP contribution in [0, 0.1) is 11.2 Å². The first kappa shape index (κ1) is 27.0. The molecule has 4 rings (SSSR count). The van der Waals surface area contributed by atoms with Gasteiger partial charge in [-0.25, -0.2) is 14.0 Å². The summed E-state index contributed by atoms with van der Waals surface area (Å²) in [5.74, 6) is -0.674. The predicted octanol–water partition coefficient (Wildman–Crippen LogP) is 2.92. The second-order valence-electron chi connectivity index (χ2n) is 11.2. The zero-order valence-corrected chi connectivity index (χ0v) is 21.9. The molecule has 3 fully saturated rings. The first-order valence-electron chi connectivity index (χ1n) is 12.8. The third kappa shape index (κ3) is 5.92. The molecule has 2 heterocycles. The van der Waals surface area contributed by atoms with E-state index < -0.39 is 41.2 Å². The Morgan fingerprint density at radius 3 is 2.57 bits per heavy atom. The van der Waals surface area contributed by atoms with Crippen LogP contribution in [0.15, 0.2) is 18.2 Å². The first-order chi connectivity index (χ1) is 17.4.